The first kappa shape index (κ1) is 18.9. The van der Waals surface area contributed by atoms with Crippen molar-refractivity contribution in [3.63, 3.8) is 0 Å². The molecule has 2 aromatic rings. The topological polar surface area (TPSA) is 61.8 Å². The van der Waals surface area contributed by atoms with Gasteiger partial charge in [0.25, 0.3) is 0 Å². The molecular formula is C26H28N2O3. The third-order valence-electron chi connectivity index (χ3n) is 7.99. The highest BCUT2D eigenvalue weighted by Crippen LogP contribution is 2.62. The Morgan fingerprint density at radius 2 is 2.03 bits per heavy atom. The Hall–Kier alpha value is -2.79. The zero-order chi connectivity index (χ0) is 21.3. The molecular weight excluding hydrogens is 388 g/mol. The van der Waals surface area contributed by atoms with E-state index in [1.807, 2.05) is 31.2 Å². The number of carbonyl (C=O) groups excluding carboxylic acids is 1. The predicted octanol–water partition coefficient (Wildman–Crippen LogP) is 2.87. The van der Waals surface area contributed by atoms with E-state index in [0.29, 0.717) is 24.1 Å². The fraction of sp³-hybridized carbons (Fsp3) is 0.423. The quantitative estimate of drug-likeness (QED) is 0.756. The van der Waals surface area contributed by atoms with Gasteiger partial charge in [-0.05, 0) is 50.6 Å². The number of amides is 1. The maximum atomic E-state index is 12.9. The molecule has 5 atom stereocenters. The van der Waals surface area contributed by atoms with Gasteiger partial charge in [0.15, 0.2) is 11.5 Å². The number of phenols is 1. The Balaban J connectivity index is 1.35. The molecule has 4 aliphatic rings. The van der Waals surface area contributed by atoms with E-state index in [-0.39, 0.29) is 29.2 Å². The van der Waals surface area contributed by atoms with Crippen LogP contribution in [0.5, 0.6) is 11.5 Å². The van der Waals surface area contributed by atoms with E-state index in [9.17, 15) is 9.90 Å². The summed E-state index contributed by atoms with van der Waals surface area (Å²) in [6.45, 7) is 3.04. The van der Waals surface area contributed by atoms with Crippen molar-refractivity contribution in [2.45, 2.75) is 49.8 Å². The number of phenolic OH excluding ortho intramolecular Hbond substituents is 1. The lowest BCUT2D eigenvalue weighted by Crippen LogP contribution is -2.66. The molecule has 160 valence electrons. The number of likely N-dealkylation sites (N-methyl/N-ethyl adjacent to an activating group) is 1. The summed E-state index contributed by atoms with van der Waals surface area (Å²) in [5, 5.41) is 13.8. The van der Waals surface area contributed by atoms with E-state index in [2.05, 4.69) is 35.5 Å². The summed E-state index contributed by atoms with van der Waals surface area (Å²) in [4.78, 5) is 15.4. The average Bonchev–Trinajstić information content (AvgIpc) is 3.11. The van der Waals surface area contributed by atoms with Gasteiger partial charge in [0.1, 0.15) is 6.10 Å². The van der Waals surface area contributed by atoms with E-state index < -0.39 is 0 Å². The van der Waals surface area contributed by atoms with Crippen LogP contribution in [-0.4, -0.2) is 47.7 Å². The molecule has 2 heterocycles. The molecule has 0 radical (unpaired) electrons. The fourth-order valence-corrected chi connectivity index (χ4v) is 6.52. The van der Waals surface area contributed by atoms with Crippen LogP contribution >= 0.6 is 0 Å². The van der Waals surface area contributed by atoms with Gasteiger partial charge in [-0.2, -0.15) is 0 Å². The van der Waals surface area contributed by atoms with Crippen LogP contribution in [0, 0.1) is 12.8 Å². The zero-order valence-corrected chi connectivity index (χ0v) is 18.0. The molecule has 2 N–H and O–H groups in total. The second-order valence-corrected chi connectivity index (χ2v) is 9.70. The van der Waals surface area contributed by atoms with Crippen LogP contribution in [-0.2, 0) is 23.1 Å². The Kier molecular flexibility index (Phi) is 4.03. The Morgan fingerprint density at radius 1 is 1.23 bits per heavy atom. The molecule has 0 saturated carbocycles. The van der Waals surface area contributed by atoms with Crippen molar-refractivity contribution in [3.05, 3.63) is 70.8 Å². The van der Waals surface area contributed by atoms with Gasteiger partial charge in [-0.3, -0.25) is 4.79 Å². The van der Waals surface area contributed by atoms with Gasteiger partial charge in [0.05, 0.1) is 12.5 Å². The predicted molar refractivity (Wildman–Crippen MR) is 118 cm³/mol. The van der Waals surface area contributed by atoms with Gasteiger partial charge in [-0.25, -0.2) is 0 Å². The van der Waals surface area contributed by atoms with Crippen LogP contribution in [0.15, 0.2) is 48.6 Å². The zero-order valence-electron chi connectivity index (χ0n) is 18.0. The number of rotatable bonds is 3. The summed E-state index contributed by atoms with van der Waals surface area (Å²) in [5.74, 6) is 1.18. The molecule has 1 fully saturated rings. The van der Waals surface area contributed by atoms with Crippen LogP contribution in [0.3, 0.4) is 0 Å². The molecule has 2 aliphatic carbocycles. The first-order valence-corrected chi connectivity index (χ1v) is 11.2. The number of hydrogen-bond acceptors (Lipinski definition) is 4. The number of aromatic hydroxyl groups is 1. The SMILES string of the molecule is Cc1ccc(CC(=O)N[C@@H]2C=CC3[C@H]4Cc5ccc(O)c6c5[C@@]3(CCN4C)C2O6)cc1. The second-order valence-electron chi connectivity index (χ2n) is 9.70. The second kappa shape index (κ2) is 6.60. The number of aryl methyl sites for hydroxylation is 1. The normalized spacial score (nSPS) is 32.3. The van der Waals surface area contributed by atoms with Crippen molar-refractivity contribution in [2.75, 3.05) is 13.6 Å². The standard InChI is InChI=1S/C26H28N2O3/c1-15-3-5-16(6-4-15)13-22(30)27-19-9-8-18-20-14-17-7-10-21(29)24-23(17)26(18,25(19)31-24)11-12-28(20)2/h3-10,18-20,25,29H,11-14H2,1-2H3,(H,27,30)/t18?,19-,20-,25?,26+/m1/s1. The van der Waals surface area contributed by atoms with Crippen molar-refractivity contribution in [1.29, 1.82) is 0 Å². The van der Waals surface area contributed by atoms with Crippen molar-refractivity contribution < 1.29 is 14.6 Å². The van der Waals surface area contributed by atoms with E-state index in [4.69, 9.17) is 4.74 Å². The number of nitrogens with one attached hydrogen (secondary N) is 1. The van der Waals surface area contributed by atoms with Gasteiger partial charge in [-0.15, -0.1) is 0 Å². The Morgan fingerprint density at radius 3 is 2.84 bits per heavy atom. The summed E-state index contributed by atoms with van der Waals surface area (Å²) in [7, 11) is 2.21. The molecule has 2 unspecified atom stereocenters. The van der Waals surface area contributed by atoms with Gasteiger partial charge >= 0.3 is 0 Å². The monoisotopic (exact) mass is 416 g/mol. The number of nitrogens with zero attached hydrogens (tertiary/aromatic N) is 1. The average molecular weight is 417 g/mol. The molecule has 2 bridgehead atoms. The lowest BCUT2D eigenvalue weighted by Gasteiger charge is -2.57. The maximum absolute atomic E-state index is 12.9. The lowest BCUT2D eigenvalue weighted by atomic mass is 9.53. The number of carbonyl (C=O) groups is 1. The van der Waals surface area contributed by atoms with Gasteiger partial charge in [0.2, 0.25) is 5.91 Å². The summed E-state index contributed by atoms with van der Waals surface area (Å²) >= 11 is 0. The molecule has 2 aliphatic heterocycles. The molecule has 5 heteroatoms. The molecule has 6 rings (SSSR count). The van der Waals surface area contributed by atoms with Crippen LogP contribution in [0.1, 0.15) is 28.7 Å². The van der Waals surface area contributed by atoms with Crippen molar-refractivity contribution in [1.82, 2.24) is 10.2 Å². The first-order valence-electron chi connectivity index (χ1n) is 11.2. The number of hydrogen-bond donors (Lipinski definition) is 2. The van der Waals surface area contributed by atoms with Crippen molar-refractivity contribution in [2.24, 2.45) is 5.92 Å². The van der Waals surface area contributed by atoms with Crippen LogP contribution < -0.4 is 10.1 Å². The maximum Gasteiger partial charge on any atom is 0.225 e. The number of benzene rings is 2. The molecule has 5 nitrogen and oxygen atoms in total. The summed E-state index contributed by atoms with van der Waals surface area (Å²) in [5.41, 5.74) is 4.48. The van der Waals surface area contributed by atoms with Crippen molar-refractivity contribution >= 4 is 5.91 Å². The largest absolute Gasteiger partial charge is 0.504 e. The molecule has 0 aromatic heterocycles. The van der Waals surface area contributed by atoms with E-state index in [1.54, 1.807) is 6.07 Å². The summed E-state index contributed by atoms with van der Waals surface area (Å²) < 4.78 is 6.49. The van der Waals surface area contributed by atoms with Crippen LogP contribution in [0.4, 0.5) is 0 Å². The fourth-order valence-electron chi connectivity index (χ4n) is 6.52. The minimum absolute atomic E-state index is 0.00218. The Labute approximate surface area is 182 Å². The molecule has 1 spiro atoms. The van der Waals surface area contributed by atoms with E-state index in [1.165, 1.54) is 16.7 Å². The highest BCUT2D eigenvalue weighted by Gasteiger charge is 2.64. The van der Waals surface area contributed by atoms with E-state index in [0.717, 1.165) is 24.9 Å². The molecule has 1 amide bonds. The smallest absolute Gasteiger partial charge is 0.225 e. The summed E-state index contributed by atoms with van der Waals surface area (Å²) in [6.07, 6.45) is 6.52. The minimum atomic E-state index is -0.212. The minimum Gasteiger partial charge on any atom is -0.504 e. The number of ether oxygens (including phenoxy) is 1. The highest BCUT2D eigenvalue weighted by atomic mass is 16.5. The third kappa shape index (κ3) is 2.62. The Bertz CT molecular complexity index is 1090. The third-order valence-corrected chi connectivity index (χ3v) is 7.99. The lowest BCUT2D eigenvalue weighted by molar-refractivity contribution is -0.122. The number of likely N-dealkylation sites (tertiary alicyclic amines) is 1. The molecule has 2 aromatic carbocycles. The molecule has 31 heavy (non-hydrogen) atoms. The van der Waals surface area contributed by atoms with Gasteiger partial charge in [0, 0.05) is 22.9 Å². The van der Waals surface area contributed by atoms with Gasteiger partial charge < -0.3 is 20.1 Å². The van der Waals surface area contributed by atoms with Crippen molar-refractivity contribution in [3.8, 4) is 11.5 Å². The van der Waals surface area contributed by atoms with Gasteiger partial charge in [-0.1, -0.05) is 48.0 Å². The van der Waals surface area contributed by atoms with Crippen LogP contribution in [0.25, 0.3) is 0 Å². The molecule has 1 saturated heterocycles. The van der Waals surface area contributed by atoms with E-state index >= 15 is 0 Å². The van der Waals surface area contributed by atoms with Crippen LogP contribution in [0.2, 0.25) is 0 Å². The number of piperidine rings is 1. The summed E-state index contributed by atoms with van der Waals surface area (Å²) in [6, 6.07) is 12.1. The first-order chi connectivity index (χ1) is 15.0. The highest BCUT2D eigenvalue weighted by molar-refractivity contribution is 5.79.